The standard InChI is InChI=1S/C16H19ClF2O4/c17-7-3-1-2-4-8-22-15(20)5-6-16(21)23-14-10-12(18)9-13(19)11-14/h9-11H,1-8H2. The highest BCUT2D eigenvalue weighted by Crippen LogP contribution is 2.16. The SMILES string of the molecule is O=C(CCC(=O)Oc1cc(F)cc(F)c1)OCCCCCCCl. The smallest absolute Gasteiger partial charge is 0.311 e. The molecule has 0 saturated carbocycles. The number of esters is 2. The Morgan fingerprint density at radius 1 is 0.913 bits per heavy atom. The van der Waals surface area contributed by atoms with Gasteiger partial charge in [0.05, 0.1) is 19.4 Å². The molecule has 0 aromatic heterocycles. The van der Waals surface area contributed by atoms with Gasteiger partial charge < -0.3 is 9.47 Å². The van der Waals surface area contributed by atoms with E-state index in [9.17, 15) is 18.4 Å². The van der Waals surface area contributed by atoms with Crippen LogP contribution in [0.2, 0.25) is 0 Å². The van der Waals surface area contributed by atoms with Crippen molar-refractivity contribution >= 4 is 23.5 Å². The van der Waals surface area contributed by atoms with Crippen molar-refractivity contribution < 1.29 is 27.8 Å². The van der Waals surface area contributed by atoms with Gasteiger partial charge in [-0.2, -0.15) is 0 Å². The molecule has 0 spiro atoms. The van der Waals surface area contributed by atoms with Crippen LogP contribution in [0.5, 0.6) is 5.75 Å². The summed E-state index contributed by atoms with van der Waals surface area (Å²) in [4.78, 5) is 22.9. The third-order valence-electron chi connectivity index (χ3n) is 2.89. The summed E-state index contributed by atoms with van der Waals surface area (Å²) in [6, 6.07) is 2.45. The first kappa shape index (κ1) is 19.4. The van der Waals surface area contributed by atoms with E-state index in [4.69, 9.17) is 21.1 Å². The number of alkyl halides is 1. The first-order valence-electron chi connectivity index (χ1n) is 7.39. The Kier molecular flexibility index (Phi) is 9.21. The quantitative estimate of drug-likeness (QED) is 0.277. The first-order valence-corrected chi connectivity index (χ1v) is 7.93. The van der Waals surface area contributed by atoms with Gasteiger partial charge in [0.15, 0.2) is 0 Å². The molecule has 1 aromatic rings. The van der Waals surface area contributed by atoms with Crippen molar-refractivity contribution in [2.24, 2.45) is 0 Å². The van der Waals surface area contributed by atoms with Gasteiger partial charge in [-0.25, -0.2) is 8.78 Å². The van der Waals surface area contributed by atoms with Crippen molar-refractivity contribution in [1.82, 2.24) is 0 Å². The van der Waals surface area contributed by atoms with Crippen molar-refractivity contribution in [3.05, 3.63) is 29.8 Å². The minimum Gasteiger partial charge on any atom is -0.466 e. The minimum absolute atomic E-state index is 0.141. The maximum absolute atomic E-state index is 12.9. The van der Waals surface area contributed by atoms with Gasteiger partial charge in [0.2, 0.25) is 0 Å². The second-order valence-electron chi connectivity index (χ2n) is 4.90. The Bertz CT molecular complexity index is 503. The van der Waals surface area contributed by atoms with E-state index < -0.39 is 23.6 Å². The molecule has 0 heterocycles. The fourth-order valence-electron chi connectivity index (χ4n) is 1.78. The number of carbonyl (C=O) groups is 2. The molecule has 0 fully saturated rings. The molecule has 0 atom stereocenters. The summed E-state index contributed by atoms with van der Waals surface area (Å²) in [6.07, 6.45) is 3.23. The molecule has 0 amide bonds. The molecule has 0 bridgehead atoms. The molecule has 0 aliphatic heterocycles. The van der Waals surface area contributed by atoms with Gasteiger partial charge in [-0.15, -0.1) is 11.6 Å². The highest BCUT2D eigenvalue weighted by molar-refractivity contribution is 6.17. The topological polar surface area (TPSA) is 52.6 Å². The molecule has 4 nitrogen and oxygen atoms in total. The van der Waals surface area contributed by atoms with Crippen molar-refractivity contribution in [1.29, 1.82) is 0 Å². The second kappa shape index (κ2) is 10.9. The van der Waals surface area contributed by atoms with Gasteiger partial charge in [0.1, 0.15) is 17.4 Å². The largest absolute Gasteiger partial charge is 0.466 e. The fraction of sp³-hybridized carbons (Fsp3) is 0.500. The molecule has 0 aliphatic rings. The number of benzene rings is 1. The number of carbonyl (C=O) groups excluding carboxylic acids is 2. The van der Waals surface area contributed by atoms with Crippen LogP contribution < -0.4 is 4.74 Å². The van der Waals surface area contributed by atoms with E-state index in [1.54, 1.807) is 0 Å². The number of unbranched alkanes of at least 4 members (excludes halogenated alkanes) is 3. The van der Waals surface area contributed by atoms with Crippen LogP contribution in [0.15, 0.2) is 18.2 Å². The van der Waals surface area contributed by atoms with E-state index in [1.165, 1.54) is 0 Å². The third kappa shape index (κ3) is 9.13. The normalized spacial score (nSPS) is 10.4. The van der Waals surface area contributed by atoms with Crippen LogP contribution in [0.3, 0.4) is 0 Å². The molecular formula is C16H19ClF2O4. The average Bonchev–Trinajstić information content (AvgIpc) is 2.47. The Labute approximate surface area is 138 Å². The van der Waals surface area contributed by atoms with E-state index in [1.807, 2.05) is 0 Å². The number of halogens is 3. The summed E-state index contributed by atoms with van der Waals surface area (Å²) in [6.45, 7) is 0.297. The van der Waals surface area contributed by atoms with Gasteiger partial charge >= 0.3 is 11.9 Å². The number of hydrogen-bond donors (Lipinski definition) is 0. The van der Waals surface area contributed by atoms with Crippen LogP contribution in [-0.2, 0) is 14.3 Å². The maximum atomic E-state index is 12.9. The molecule has 1 aromatic carbocycles. The lowest BCUT2D eigenvalue weighted by molar-refractivity contribution is -0.147. The van der Waals surface area contributed by atoms with Crippen molar-refractivity contribution in [3.63, 3.8) is 0 Å². The van der Waals surface area contributed by atoms with E-state index in [2.05, 4.69) is 0 Å². The minimum atomic E-state index is -0.846. The number of ether oxygens (including phenoxy) is 2. The van der Waals surface area contributed by atoms with Crippen molar-refractivity contribution in [2.45, 2.75) is 38.5 Å². The van der Waals surface area contributed by atoms with E-state index >= 15 is 0 Å². The van der Waals surface area contributed by atoms with Gasteiger partial charge in [-0.1, -0.05) is 12.8 Å². The van der Waals surface area contributed by atoms with Gasteiger partial charge in [-0.3, -0.25) is 9.59 Å². The molecule has 7 heteroatoms. The molecule has 23 heavy (non-hydrogen) atoms. The van der Waals surface area contributed by atoms with Crippen molar-refractivity contribution in [3.8, 4) is 5.75 Å². The maximum Gasteiger partial charge on any atom is 0.311 e. The summed E-state index contributed by atoms with van der Waals surface area (Å²) in [7, 11) is 0. The Balaban J connectivity index is 2.18. The highest BCUT2D eigenvalue weighted by Gasteiger charge is 2.11. The summed E-state index contributed by atoms with van der Waals surface area (Å²) in [5, 5.41) is 0. The molecule has 0 aliphatic carbocycles. The molecule has 0 N–H and O–H groups in total. The molecule has 0 radical (unpaired) electrons. The Morgan fingerprint density at radius 3 is 2.17 bits per heavy atom. The molecule has 128 valence electrons. The predicted octanol–water partition coefficient (Wildman–Crippen LogP) is 3.99. The lowest BCUT2D eigenvalue weighted by atomic mass is 10.2. The Hall–Kier alpha value is -1.69. The zero-order valence-electron chi connectivity index (χ0n) is 12.7. The summed E-state index contributed by atoms with van der Waals surface area (Å²) in [5.41, 5.74) is 0. The van der Waals surface area contributed by atoms with E-state index in [0.717, 1.165) is 37.8 Å². The molecular weight excluding hydrogens is 330 g/mol. The first-order chi connectivity index (χ1) is 11.0. The molecule has 0 unspecified atom stereocenters. The number of rotatable bonds is 10. The van der Waals surface area contributed by atoms with Crippen LogP contribution in [0, 0.1) is 11.6 Å². The highest BCUT2D eigenvalue weighted by atomic mass is 35.5. The van der Waals surface area contributed by atoms with Crippen LogP contribution in [-0.4, -0.2) is 24.4 Å². The van der Waals surface area contributed by atoms with Crippen molar-refractivity contribution in [2.75, 3.05) is 12.5 Å². The lowest BCUT2D eigenvalue weighted by Gasteiger charge is -2.06. The van der Waals surface area contributed by atoms with Crippen LogP contribution in [0.1, 0.15) is 38.5 Å². The Morgan fingerprint density at radius 2 is 1.52 bits per heavy atom. The van der Waals surface area contributed by atoms with Gasteiger partial charge in [0, 0.05) is 24.1 Å². The lowest BCUT2D eigenvalue weighted by Crippen LogP contribution is -2.13. The van der Waals surface area contributed by atoms with Crippen LogP contribution in [0.25, 0.3) is 0 Å². The third-order valence-corrected chi connectivity index (χ3v) is 3.16. The molecule has 0 saturated heterocycles. The fourth-order valence-corrected chi connectivity index (χ4v) is 1.97. The summed E-state index contributed by atoms with van der Waals surface area (Å²) >= 11 is 5.54. The second-order valence-corrected chi connectivity index (χ2v) is 5.28. The van der Waals surface area contributed by atoms with E-state index in [-0.39, 0.29) is 18.6 Å². The predicted molar refractivity (Wildman–Crippen MR) is 81.4 cm³/mol. The van der Waals surface area contributed by atoms with Crippen LogP contribution in [0.4, 0.5) is 8.78 Å². The number of hydrogen-bond acceptors (Lipinski definition) is 4. The summed E-state index contributed by atoms with van der Waals surface area (Å²) in [5.74, 6) is -2.57. The van der Waals surface area contributed by atoms with Gasteiger partial charge in [-0.05, 0) is 12.8 Å². The van der Waals surface area contributed by atoms with E-state index in [0.29, 0.717) is 18.6 Å². The monoisotopic (exact) mass is 348 g/mol. The zero-order valence-corrected chi connectivity index (χ0v) is 13.4. The molecule has 1 rings (SSSR count). The zero-order chi connectivity index (χ0) is 17.1. The average molecular weight is 349 g/mol. The summed E-state index contributed by atoms with van der Waals surface area (Å²) < 4.78 is 35.6. The van der Waals surface area contributed by atoms with Gasteiger partial charge in [0.25, 0.3) is 0 Å². The van der Waals surface area contributed by atoms with Crippen LogP contribution >= 0.6 is 11.6 Å².